The largest absolute Gasteiger partial charge is 0.502 e. The number of ether oxygens (including phenoxy) is 1. The Morgan fingerprint density at radius 1 is 1.40 bits per heavy atom. The van der Waals surface area contributed by atoms with Crippen LogP contribution < -0.4 is 5.32 Å². The number of nitrogens with one attached hydrogen (secondary N) is 1. The zero-order chi connectivity index (χ0) is 10.9. The molecule has 1 aliphatic rings. The molecule has 2 heteroatoms. The molecule has 2 nitrogen and oxygen atoms in total. The monoisotopic (exact) mass is 211 g/mol. The lowest BCUT2D eigenvalue weighted by Gasteiger charge is -2.28. The maximum absolute atomic E-state index is 5.08. The highest BCUT2D eigenvalue weighted by Crippen LogP contribution is 2.26. The zero-order valence-electron chi connectivity index (χ0n) is 10.0. The van der Waals surface area contributed by atoms with E-state index in [-0.39, 0.29) is 0 Å². The summed E-state index contributed by atoms with van der Waals surface area (Å²) < 4.78 is 5.08. The summed E-state index contributed by atoms with van der Waals surface area (Å²) in [5.41, 5.74) is 0. The van der Waals surface area contributed by atoms with Gasteiger partial charge in [-0.3, -0.25) is 0 Å². The molecule has 0 radical (unpaired) electrons. The molecule has 1 unspecified atom stereocenters. The number of hydrogen-bond donors (Lipinski definition) is 1. The Bertz CT molecular complexity index is 164. The van der Waals surface area contributed by atoms with Gasteiger partial charge < -0.3 is 10.1 Å². The molecule has 0 spiro atoms. The van der Waals surface area contributed by atoms with Crippen LogP contribution in [0.25, 0.3) is 0 Å². The molecule has 0 aromatic rings. The maximum Gasteiger partial charge on any atom is 0.0885 e. The molecule has 0 saturated heterocycles. The van der Waals surface area contributed by atoms with Gasteiger partial charge in [0.1, 0.15) is 0 Å². The van der Waals surface area contributed by atoms with Crippen LogP contribution in [0.2, 0.25) is 0 Å². The van der Waals surface area contributed by atoms with Crippen LogP contribution in [-0.4, -0.2) is 19.2 Å². The smallest absolute Gasteiger partial charge is 0.0885 e. The minimum absolute atomic E-state index is 0.675. The van der Waals surface area contributed by atoms with Gasteiger partial charge in [-0.2, -0.15) is 0 Å². The average molecular weight is 211 g/mol. The third-order valence-corrected chi connectivity index (χ3v) is 3.38. The Morgan fingerprint density at radius 2 is 2.13 bits per heavy atom. The fourth-order valence-corrected chi connectivity index (χ4v) is 2.37. The zero-order valence-corrected chi connectivity index (χ0v) is 10.0. The predicted molar refractivity (Wildman–Crippen MR) is 64.8 cm³/mol. The Hall–Kier alpha value is -0.500. The Balaban J connectivity index is 2.01. The first-order valence-electron chi connectivity index (χ1n) is 6.30. The van der Waals surface area contributed by atoms with Gasteiger partial charge in [0.05, 0.1) is 12.9 Å². The minimum atomic E-state index is 0.675. The molecule has 0 amide bonds. The van der Waals surface area contributed by atoms with Crippen LogP contribution >= 0.6 is 0 Å². The van der Waals surface area contributed by atoms with E-state index in [1.54, 1.807) is 0 Å². The topological polar surface area (TPSA) is 21.3 Å². The highest BCUT2D eigenvalue weighted by molar-refractivity contribution is 4.75. The molecule has 0 heterocycles. The molecule has 1 fully saturated rings. The molecule has 1 saturated carbocycles. The summed E-state index contributed by atoms with van der Waals surface area (Å²) in [6.07, 6.45) is 9.71. The van der Waals surface area contributed by atoms with Crippen molar-refractivity contribution in [3.05, 3.63) is 12.8 Å². The van der Waals surface area contributed by atoms with Crippen molar-refractivity contribution in [1.82, 2.24) is 5.32 Å². The van der Waals surface area contributed by atoms with Crippen molar-refractivity contribution in [2.75, 3.05) is 13.2 Å². The molecule has 1 rings (SSSR count). The van der Waals surface area contributed by atoms with E-state index in [1.165, 1.54) is 38.4 Å². The first kappa shape index (κ1) is 12.6. The van der Waals surface area contributed by atoms with Crippen LogP contribution in [0.5, 0.6) is 0 Å². The quantitative estimate of drug-likeness (QED) is 0.516. The van der Waals surface area contributed by atoms with Crippen LogP contribution in [0, 0.1) is 5.92 Å². The SMILES string of the molecule is C=COCCCNC(C)C1CCCCC1. The fraction of sp³-hybridized carbons (Fsp3) is 0.846. The first-order valence-corrected chi connectivity index (χ1v) is 6.30. The van der Waals surface area contributed by atoms with Gasteiger partial charge in [0.15, 0.2) is 0 Å². The lowest BCUT2D eigenvalue weighted by molar-refractivity contribution is 0.234. The van der Waals surface area contributed by atoms with Gasteiger partial charge in [-0.15, -0.1) is 0 Å². The maximum atomic E-state index is 5.08. The Labute approximate surface area is 94.1 Å². The van der Waals surface area contributed by atoms with Gasteiger partial charge in [-0.1, -0.05) is 25.8 Å². The highest BCUT2D eigenvalue weighted by Gasteiger charge is 2.18. The lowest BCUT2D eigenvalue weighted by Crippen LogP contribution is -2.35. The molecular weight excluding hydrogens is 186 g/mol. The molecule has 1 atom stereocenters. The Morgan fingerprint density at radius 3 is 2.80 bits per heavy atom. The summed E-state index contributed by atoms with van der Waals surface area (Å²) in [4.78, 5) is 0. The molecule has 88 valence electrons. The Kier molecular flexibility index (Phi) is 6.49. The summed E-state index contributed by atoms with van der Waals surface area (Å²) in [6, 6.07) is 0.675. The van der Waals surface area contributed by atoms with Crippen LogP contribution in [0.3, 0.4) is 0 Å². The summed E-state index contributed by atoms with van der Waals surface area (Å²) in [6.45, 7) is 7.69. The van der Waals surface area contributed by atoms with Crippen LogP contribution in [0.15, 0.2) is 12.8 Å². The molecule has 0 bridgehead atoms. The molecule has 1 N–H and O–H groups in total. The average Bonchev–Trinajstić information content (AvgIpc) is 2.30. The van der Waals surface area contributed by atoms with Gasteiger partial charge in [-0.25, -0.2) is 0 Å². The lowest BCUT2D eigenvalue weighted by atomic mass is 9.84. The third kappa shape index (κ3) is 5.22. The summed E-state index contributed by atoms with van der Waals surface area (Å²) in [7, 11) is 0. The van der Waals surface area contributed by atoms with Crippen LogP contribution in [0.4, 0.5) is 0 Å². The molecule has 0 aromatic heterocycles. The van der Waals surface area contributed by atoms with E-state index in [1.807, 2.05) is 0 Å². The third-order valence-electron chi connectivity index (χ3n) is 3.38. The van der Waals surface area contributed by atoms with Crippen LogP contribution in [-0.2, 0) is 4.74 Å². The fourth-order valence-electron chi connectivity index (χ4n) is 2.37. The molecule has 0 aliphatic heterocycles. The number of hydrogen-bond acceptors (Lipinski definition) is 2. The van der Waals surface area contributed by atoms with Crippen molar-refractivity contribution in [1.29, 1.82) is 0 Å². The predicted octanol–water partition coefficient (Wildman–Crippen LogP) is 3.10. The van der Waals surface area contributed by atoms with Gasteiger partial charge in [0, 0.05) is 6.04 Å². The molecule has 0 aromatic carbocycles. The summed E-state index contributed by atoms with van der Waals surface area (Å²) in [5.74, 6) is 0.902. The first-order chi connectivity index (χ1) is 7.34. The van der Waals surface area contributed by atoms with Crippen molar-refractivity contribution in [2.45, 2.75) is 51.5 Å². The van der Waals surface area contributed by atoms with E-state index in [4.69, 9.17) is 4.74 Å². The standard InChI is InChI=1S/C13H25NO/c1-3-15-11-7-10-14-12(2)13-8-5-4-6-9-13/h3,12-14H,1,4-11H2,2H3. The van der Waals surface area contributed by atoms with Gasteiger partial charge in [0.2, 0.25) is 0 Å². The second-order valence-electron chi connectivity index (χ2n) is 4.53. The van der Waals surface area contributed by atoms with E-state index in [2.05, 4.69) is 18.8 Å². The van der Waals surface area contributed by atoms with Gasteiger partial charge in [0.25, 0.3) is 0 Å². The van der Waals surface area contributed by atoms with E-state index in [9.17, 15) is 0 Å². The van der Waals surface area contributed by atoms with E-state index >= 15 is 0 Å². The van der Waals surface area contributed by atoms with Gasteiger partial charge in [-0.05, 0) is 38.6 Å². The second-order valence-corrected chi connectivity index (χ2v) is 4.53. The molecule has 15 heavy (non-hydrogen) atoms. The highest BCUT2D eigenvalue weighted by atomic mass is 16.5. The van der Waals surface area contributed by atoms with Crippen molar-refractivity contribution in [3.8, 4) is 0 Å². The van der Waals surface area contributed by atoms with E-state index in [0.717, 1.165) is 25.5 Å². The van der Waals surface area contributed by atoms with E-state index in [0.29, 0.717) is 6.04 Å². The van der Waals surface area contributed by atoms with Crippen molar-refractivity contribution < 1.29 is 4.74 Å². The second kappa shape index (κ2) is 7.75. The summed E-state index contributed by atoms with van der Waals surface area (Å²) in [5, 5.41) is 3.60. The normalized spacial score (nSPS) is 19.8. The van der Waals surface area contributed by atoms with Crippen molar-refractivity contribution >= 4 is 0 Å². The van der Waals surface area contributed by atoms with Crippen molar-refractivity contribution in [2.24, 2.45) is 5.92 Å². The van der Waals surface area contributed by atoms with Gasteiger partial charge >= 0.3 is 0 Å². The number of rotatable bonds is 7. The minimum Gasteiger partial charge on any atom is -0.502 e. The summed E-state index contributed by atoms with van der Waals surface area (Å²) >= 11 is 0. The van der Waals surface area contributed by atoms with E-state index < -0.39 is 0 Å². The molecule has 1 aliphatic carbocycles. The van der Waals surface area contributed by atoms with Crippen LogP contribution in [0.1, 0.15) is 45.4 Å². The molecular formula is C13H25NO. The van der Waals surface area contributed by atoms with Crippen molar-refractivity contribution in [3.63, 3.8) is 0 Å².